The molecule has 3 rings (SSSR count). The summed E-state index contributed by atoms with van der Waals surface area (Å²) in [6.45, 7) is 0. The molecular weight excluding hydrogens is 416 g/mol. The highest BCUT2D eigenvalue weighted by Crippen LogP contribution is 2.19. The van der Waals surface area contributed by atoms with Gasteiger partial charge in [0.05, 0.1) is 4.90 Å². The first-order valence-corrected chi connectivity index (χ1v) is 9.96. The second-order valence-corrected chi connectivity index (χ2v) is 8.06. The number of carbonyl (C=O) groups excluding carboxylic acids is 1. The number of nitrogens with one attached hydrogen (secondary N) is 2. The molecule has 1 amide bonds. The number of rotatable bonds is 5. The number of hydrogen-bond donors (Lipinski definition) is 2. The van der Waals surface area contributed by atoms with E-state index in [1.54, 1.807) is 48.5 Å². The van der Waals surface area contributed by atoms with E-state index in [1.165, 1.54) is 18.2 Å². The van der Waals surface area contributed by atoms with Crippen molar-refractivity contribution < 1.29 is 13.2 Å². The van der Waals surface area contributed by atoms with Crippen LogP contribution >= 0.6 is 15.9 Å². The van der Waals surface area contributed by atoms with Gasteiger partial charge in [0.2, 0.25) is 0 Å². The van der Waals surface area contributed by atoms with Gasteiger partial charge in [-0.25, -0.2) is 8.42 Å². The lowest BCUT2D eigenvalue weighted by Gasteiger charge is -2.10. The van der Waals surface area contributed by atoms with Gasteiger partial charge in [0, 0.05) is 21.4 Å². The monoisotopic (exact) mass is 430 g/mol. The summed E-state index contributed by atoms with van der Waals surface area (Å²) in [6.07, 6.45) is 0. The molecule has 0 saturated carbocycles. The molecule has 0 unspecified atom stereocenters. The first-order chi connectivity index (χ1) is 12.4. The van der Waals surface area contributed by atoms with E-state index < -0.39 is 10.0 Å². The highest BCUT2D eigenvalue weighted by Gasteiger charge is 2.14. The van der Waals surface area contributed by atoms with Gasteiger partial charge in [-0.1, -0.05) is 46.3 Å². The van der Waals surface area contributed by atoms with Crippen LogP contribution in [-0.2, 0) is 10.0 Å². The number of sulfonamides is 1. The number of amides is 1. The second-order valence-electron chi connectivity index (χ2n) is 5.46. The lowest BCUT2D eigenvalue weighted by Crippen LogP contribution is -2.15. The summed E-state index contributed by atoms with van der Waals surface area (Å²) >= 11 is 3.35. The Morgan fingerprint density at radius 3 is 2.23 bits per heavy atom. The van der Waals surface area contributed by atoms with Crippen LogP contribution < -0.4 is 10.0 Å². The molecule has 0 bridgehead atoms. The highest BCUT2D eigenvalue weighted by atomic mass is 79.9. The maximum atomic E-state index is 12.4. The number of carbonyl (C=O) groups is 1. The van der Waals surface area contributed by atoms with Crippen LogP contribution in [0.3, 0.4) is 0 Å². The molecule has 0 aliphatic carbocycles. The van der Waals surface area contributed by atoms with Crippen molar-refractivity contribution in [3.63, 3.8) is 0 Å². The van der Waals surface area contributed by atoms with E-state index >= 15 is 0 Å². The van der Waals surface area contributed by atoms with Crippen LogP contribution in [0.2, 0.25) is 0 Å². The largest absolute Gasteiger partial charge is 0.322 e. The fraction of sp³-hybridized carbons (Fsp3) is 0. The van der Waals surface area contributed by atoms with Gasteiger partial charge in [0.15, 0.2) is 0 Å². The molecule has 0 aromatic heterocycles. The molecule has 2 N–H and O–H groups in total. The van der Waals surface area contributed by atoms with E-state index in [0.717, 1.165) is 4.47 Å². The van der Waals surface area contributed by atoms with Gasteiger partial charge < -0.3 is 5.32 Å². The molecule has 26 heavy (non-hydrogen) atoms. The molecule has 0 saturated heterocycles. The van der Waals surface area contributed by atoms with Gasteiger partial charge in [0.25, 0.3) is 15.9 Å². The van der Waals surface area contributed by atoms with E-state index in [1.807, 2.05) is 12.1 Å². The van der Waals surface area contributed by atoms with Crippen LogP contribution in [0.5, 0.6) is 0 Å². The fourth-order valence-electron chi connectivity index (χ4n) is 2.31. The summed E-state index contributed by atoms with van der Waals surface area (Å²) in [5, 5.41) is 2.77. The van der Waals surface area contributed by atoms with Crippen LogP contribution in [0.4, 0.5) is 11.4 Å². The van der Waals surface area contributed by atoms with Crippen LogP contribution in [-0.4, -0.2) is 14.3 Å². The van der Waals surface area contributed by atoms with Crippen molar-refractivity contribution in [2.24, 2.45) is 0 Å². The van der Waals surface area contributed by atoms with E-state index in [4.69, 9.17) is 0 Å². The molecule has 3 aromatic rings. The van der Waals surface area contributed by atoms with E-state index in [-0.39, 0.29) is 10.8 Å². The van der Waals surface area contributed by atoms with Crippen molar-refractivity contribution in [2.45, 2.75) is 4.90 Å². The maximum absolute atomic E-state index is 12.4. The predicted octanol–water partition coefficient (Wildman–Crippen LogP) is 4.50. The van der Waals surface area contributed by atoms with Crippen LogP contribution in [0.1, 0.15) is 10.4 Å². The highest BCUT2D eigenvalue weighted by molar-refractivity contribution is 9.10. The normalized spacial score (nSPS) is 11.0. The van der Waals surface area contributed by atoms with Crippen molar-refractivity contribution >= 4 is 43.2 Å². The molecule has 5 nitrogen and oxygen atoms in total. The minimum absolute atomic E-state index is 0.156. The molecule has 0 spiro atoms. The Hall–Kier alpha value is -2.64. The van der Waals surface area contributed by atoms with E-state index in [9.17, 15) is 13.2 Å². The average molecular weight is 431 g/mol. The summed E-state index contributed by atoms with van der Waals surface area (Å²) in [6, 6.07) is 21.6. The van der Waals surface area contributed by atoms with Gasteiger partial charge in [-0.2, -0.15) is 0 Å². The van der Waals surface area contributed by atoms with Crippen molar-refractivity contribution in [2.75, 3.05) is 10.0 Å². The lowest BCUT2D eigenvalue weighted by molar-refractivity contribution is 0.102. The Labute approximate surface area is 160 Å². The minimum Gasteiger partial charge on any atom is -0.322 e. The summed E-state index contributed by atoms with van der Waals surface area (Å²) < 4.78 is 28.1. The Balaban J connectivity index is 1.79. The van der Waals surface area contributed by atoms with Gasteiger partial charge in [-0.3, -0.25) is 9.52 Å². The standard InChI is InChI=1S/C19H15BrN2O3S/c20-15-7-5-8-16(13-15)21-19(23)14-6-4-9-17(12-14)22-26(24,25)18-10-2-1-3-11-18/h1-13,22H,(H,21,23). The van der Waals surface area contributed by atoms with E-state index in [0.29, 0.717) is 16.9 Å². The molecule has 7 heteroatoms. The Morgan fingerprint density at radius 1 is 0.808 bits per heavy atom. The number of halogens is 1. The van der Waals surface area contributed by atoms with Gasteiger partial charge >= 0.3 is 0 Å². The van der Waals surface area contributed by atoms with Crippen LogP contribution in [0.25, 0.3) is 0 Å². The SMILES string of the molecule is O=C(Nc1cccc(Br)c1)c1cccc(NS(=O)(=O)c2ccccc2)c1. The quantitative estimate of drug-likeness (QED) is 0.625. The number of benzene rings is 3. The Bertz CT molecular complexity index is 1040. The van der Waals surface area contributed by atoms with Crippen LogP contribution in [0.15, 0.2) is 88.2 Å². The Morgan fingerprint density at radius 2 is 1.50 bits per heavy atom. The molecule has 3 aromatic carbocycles. The average Bonchev–Trinajstić information content (AvgIpc) is 2.62. The molecule has 0 aliphatic rings. The lowest BCUT2D eigenvalue weighted by atomic mass is 10.2. The third-order valence-electron chi connectivity index (χ3n) is 3.51. The zero-order valence-electron chi connectivity index (χ0n) is 13.5. The molecule has 0 radical (unpaired) electrons. The number of hydrogen-bond acceptors (Lipinski definition) is 3. The molecule has 0 fully saturated rings. The first-order valence-electron chi connectivity index (χ1n) is 7.69. The zero-order chi connectivity index (χ0) is 18.6. The molecule has 0 heterocycles. The summed E-state index contributed by atoms with van der Waals surface area (Å²) in [4.78, 5) is 12.6. The Kier molecular flexibility index (Phi) is 5.39. The molecule has 132 valence electrons. The zero-order valence-corrected chi connectivity index (χ0v) is 15.9. The van der Waals surface area contributed by atoms with Crippen molar-refractivity contribution in [1.82, 2.24) is 0 Å². The summed E-state index contributed by atoms with van der Waals surface area (Å²) in [7, 11) is -3.71. The maximum Gasteiger partial charge on any atom is 0.261 e. The first kappa shape index (κ1) is 18.2. The van der Waals surface area contributed by atoms with Gasteiger partial charge in [-0.15, -0.1) is 0 Å². The van der Waals surface area contributed by atoms with E-state index in [2.05, 4.69) is 26.0 Å². The third-order valence-corrected chi connectivity index (χ3v) is 5.40. The smallest absolute Gasteiger partial charge is 0.261 e. The fourth-order valence-corrected chi connectivity index (χ4v) is 3.78. The van der Waals surface area contributed by atoms with Gasteiger partial charge in [-0.05, 0) is 48.5 Å². The molecule has 0 aliphatic heterocycles. The molecular formula is C19H15BrN2O3S. The third kappa shape index (κ3) is 4.50. The van der Waals surface area contributed by atoms with Crippen molar-refractivity contribution in [1.29, 1.82) is 0 Å². The minimum atomic E-state index is -3.71. The summed E-state index contributed by atoms with van der Waals surface area (Å²) in [5.74, 6) is -0.330. The second kappa shape index (κ2) is 7.72. The topological polar surface area (TPSA) is 75.3 Å². The molecule has 0 atom stereocenters. The van der Waals surface area contributed by atoms with Crippen molar-refractivity contribution in [3.8, 4) is 0 Å². The summed E-state index contributed by atoms with van der Waals surface area (Å²) in [5.41, 5.74) is 1.30. The predicted molar refractivity (Wildman–Crippen MR) is 106 cm³/mol. The van der Waals surface area contributed by atoms with Gasteiger partial charge in [0.1, 0.15) is 0 Å². The van der Waals surface area contributed by atoms with Crippen molar-refractivity contribution in [3.05, 3.63) is 88.9 Å². The van der Waals surface area contributed by atoms with Crippen LogP contribution in [0, 0.1) is 0 Å². The number of anilines is 2.